The van der Waals surface area contributed by atoms with Crippen molar-refractivity contribution in [3.8, 4) is 11.5 Å². The molecule has 110 valence electrons. The van der Waals surface area contributed by atoms with Gasteiger partial charge in [-0.15, -0.1) is 0 Å². The van der Waals surface area contributed by atoms with Gasteiger partial charge in [0.25, 0.3) is 0 Å². The Balaban J connectivity index is 2.28. The summed E-state index contributed by atoms with van der Waals surface area (Å²) in [6, 6.07) is 8.86. The van der Waals surface area contributed by atoms with E-state index in [1.807, 2.05) is 6.92 Å². The number of rotatable bonds is 5. The third-order valence-corrected chi connectivity index (χ3v) is 3.36. The maximum Gasteiger partial charge on any atom is 0.170 e. The van der Waals surface area contributed by atoms with Gasteiger partial charge in [0.05, 0.1) is 12.7 Å². The van der Waals surface area contributed by atoms with E-state index in [-0.39, 0.29) is 29.3 Å². The van der Waals surface area contributed by atoms with Crippen LogP contribution in [0.2, 0.25) is 0 Å². The Morgan fingerprint density at radius 3 is 2.48 bits per heavy atom. The summed E-state index contributed by atoms with van der Waals surface area (Å²) in [7, 11) is 1.52. The van der Waals surface area contributed by atoms with Crippen molar-refractivity contribution in [2.75, 3.05) is 7.11 Å². The summed E-state index contributed by atoms with van der Waals surface area (Å²) < 4.78 is 18.0. The topological polar surface area (TPSA) is 46.5 Å². The van der Waals surface area contributed by atoms with Gasteiger partial charge in [0, 0.05) is 12.5 Å². The number of aromatic hydroxyl groups is 1. The van der Waals surface area contributed by atoms with Crippen LogP contribution in [0.4, 0.5) is 4.39 Å². The molecule has 2 rings (SSSR count). The van der Waals surface area contributed by atoms with E-state index < -0.39 is 0 Å². The summed E-state index contributed by atoms with van der Waals surface area (Å²) >= 11 is 0. The van der Waals surface area contributed by atoms with Gasteiger partial charge in [0.15, 0.2) is 5.78 Å². The number of carbonyl (C=O) groups is 1. The molecule has 0 atom stereocenters. The van der Waals surface area contributed by atoms with Crippen LogP contribution in [0.5, 0.6) is 11.5 Å². The summed E-state index contributed by atoms with van der Waals surface area (Å²) in [5, 5.41) is 9.97. The van der Waals surface area contributed by atoms with Crippen molar-refractivity contribution in [3.05, 3.63) is 58.9 Å². The average molecular weight is 288 g/mol. The lowest BCUT2D eigenvalue weighted by Gasteiger charge is -2.11. The highest BCUT2D eigenvalue weighted by molar-refractivity contribution is 6.00. The van der Waals surface area contributed by atoms with Crippen LogP contribution in [-0.2, 0) is 12.8 Å². The van der Waals surface area contributed by atoms with E-state index >= 15 is 0 Å². The van der Waals surface area contributed by atoms with Crippen molar-refractivity contribution < 1.29 is 19.0 Å². The first-order valence-electron chi connectivity index (χ1n) is 6.72. The number of phenolic OH excluding ortho intramolecular Hbond substituents is 1. The van der Waals surface area contributed by atoms with Gasteiger partial charge in [0.2, 0.25) is 0 Å². The van der Waals surface area contributed by atoms with Gasteiger partial charge in [-0.25, -0.2) is 4.39 Å². The van der Waals surface area contributed by atoms with E-state index in [4.69, 9.17) is 4.74 Å². The van der Waals surface area contributed by atoms with Crippen molar-refractivity contribution in [1.29, 1.82) is 0 Å². The number of benzene rings is 2. The molecule has 0 heterocycles. The lowest BCUT2D eigenvalue weighted by atomic mass is 9.99. The van der Waals surface area contributed by atoms with E-state index in [1.54, 1.807) is 18.2 Å². The van der Waals surface area contributed by atoms with Crippen LogP contribution in [0.25, 0.3) is 0 Å². The molecule has 0 fully saturated rings. The number of ether oxygens (including phenoxy) is 1. The molecular formula is C17H17FO3. The molecule has 0 amide bonds. The van der Waals surface area contributed by atoms with Crippen LogP contribution in [-0.4, -0.2) is 18.0 Å². The third-order valence-electron chi connectivity index (χ3n) is 3.36. The number of hydrogen-bond donors (Lipinski definition) is 1. The third kappa shape index (κ3) is 3.40. The van der Waals surface area contributed by atoms with Gasteiger partial charge in [0.1, 0.15) is 17.3 Å². The Kier molecular flexibility index (Phi) is 4.58. The summed E-state index contributed by atoms with van der Waals surface area (Å²) in [5.41, 5.74) is 1.82. The molecular weight excluding hydrogens is 271 g/mol. The van der Waals surface area contributed by atoms with Gasteiger partial charge in [-0.2, -0.15) is 0 Å². The van der Waals surface area contributed by atoms with Crippen molar-refractivity contribution in [1.82, 2.24) is 0 Å². The maximum absolute atomic E-state index is 12.9. The number of aryl methyl sites for hydroxylation is 1. The summed E-state index contributed by atoms with van der Waals surface area (Å²) in [4.78, 5) is 12.3. The highest BCUT2D eigenvalue weighted by Gasteiger charge is 2.15. The molecule has 4 heteroatoms. The average Bonchev–Trinajstić information content (AvgIpc) is 2.49. The zero-order chi connectivity index (χ0) is 15.4. The van der Waals surface area contributed by atoms with Gasteiger partial charge >= 0.3 is 0 Å². The number of phenols is 1. The molecule has 0 radical (unpaired) electrons. The molecule has 0 aliphatic carbocycles. The molecule has 0 aliphatic rings. The van der Waals surface area contributed by atoms with Crippen LogP contribution >= 0.6 is 0 Å². The molecule has 2 aromatic rings. The summed E-state index contributed by atoms with van der Waals surface area (Å²) in [6.45, 7) is 1.95. The van der Waals surface area contributed by atoms with Crippen LogP contribution in [0.3, 0.4) is 0 Å². The normalized spacial score (nSPS) is 10.4. The van der Waals surface area contributed by atoms with Crippen LogP contribution < -0.4 is 4.74 Å². The fourth-order valence-corrected chi connectivity index (χ4v) is 2.19. The number of methoxy groups -OCH3 is 1. The second-order valence-electron chi connectivity index (χ2n) is 4.76. The van der Waals surface area contributed by atoms with Gasteiger partial charge in [-0.1, -0.05) is 19.1 Å². The van der Waals surface area contributed by atoms with E-state index in [0.29, 0.717) is 17.7 Å². The van der Waals surface area contributed by atoms with Crippen molar-refractivity contribution in [2.24, 2.45) is 0 Å². The van der Waals surface area contributed by atoms with E-state index in [1.165, 1.54) is 25.3 Å². The smallest absolute Gasteiger partial charge is 0.170 e. The standard InChI is InChI=1S/C17H17FO3/c1-3-12-9-14(16(20)10-17(12)21-2)15(19)8-11-4-6-13(18)7-5-11/h4-7,9-10,20H,3,8H2,1-2H3. The van der Waals surface area contributed by atoms with Crippen LogP contribution in [0, 0.1) is 5.82 Å². The minimum absolute atomic E-state index is 0.101. The molecule has 3 nitrogen and oxygen atoms in total. The summed E-state index contributed by atoms with van der Waals surface area (Å²) in [5.74, 6) is -0.0901. The highest BCUT2D eigenvalue weighted by atomic mass is 19.1. The SMILES string of the molecule is CCc1cc(C(=O)Cc2ccc(F)cc2)c(O)cc1OC. The minimum Gasteiger partial charge on any atom is -0.507 e. The van der Waals surface area contributed by atoms with Gasteiger partial charge in [-0.05, 0) is 35.7 Å². The van der Waals surface area contributed by atoms with E-state index in [9.17, 15) is 14.3 Å². The molecule has 0 aliphatic heterocycles. The van der Waals surface area contributed by atoms with Crippen molar-refractivity contribution >= 4 is 5.78 Å². The number of ketones is 1. The lowest BCUT2D eigenvalue weighted by molar-refractivity contribution is 0.0990. The Hall–Kier alpha value is -2.36. The first-order valence-corrected chi connectivity index (χ1v) is 6.72. The molecule has 0 saturated carbocycles. The molecule has 0 aromatic heterocycles. The van der Waals surface area contributed by atoms with Gasteiger partial charge < -0.3 is 9.84 Å². The molecule has 1 N–H and O–H groups in total. The molecule has 21 heavy (non-hydrogen) atoms. The number of hydrogen-bond acceptors (Lipinski definition) is 3. The predicted octanol–water partition coefficient (Wildman–Crippen LogP) is 3.53. The first kappa shape index (κ1) is 15.0. The maximum atomic E-state index is 12.9. The van der Waals surface area contributed by atoms with Gasteiger partial charge in [-0.3, -0.25) is 4.79 Å². The summed E-state index contributed by atoms with van der Waals surface area (Å²) in [6.07, 6.45) is 0.809. The molecule has 2 aromatic carbocycles. The second-order valence-corrected chi connectivity index (χ2v) is 4.76. The van der Waals surface area contributed by atoms with Crippen molar-refractivity contribution in [3.63, 3.8) is 0 Å². The second kappa shape index (κ2) is 6.39. The predicted molar refractivity (Wildman–Crippen MR) is 78.5 cm³/mol. The van der Waals surface area contributed by atoms with E-state index in [2.05, 4.69) is 0 Å². The zero-order valence-electron chi connectivity index (χ0n) is 12.0. The number of Topliss-reactive ketones (excluding diaryl/α,β-unsaturated/α-hetero) is 1. The number of halogens is 1. The van der Waals surface area contributed by atoms with E-state index in [0.717, 1.165) is 5.56 Å². The number of carbonyl (C=O) groups excluding carboxylic acids is 1. The van der Waals surface area contributed by atoms with Crippen molar-refractivity contribution in [2.45, 2.75) is 19.8 Å². The highest BCUT2D eigenvalue weighted by Crippen LogP contribution is 2.29. The Morgan fingerprint density at radius 1 is 1.24 bits per heavy atom. The van der Waals surface area contributed by atoms with Crippen LogP contribution in [0.15, 0.2) is 36.4 Å². The fraction of sp³-hybridized carbons (Fsp3) is 0.235. The Bertz CT molecular complexity index is 648. The quantitative estimate of drug-likeness (QED) is 0.856. The molecule has 0 bridgehead atoms. The zero-order valence-corrected chi connectivity index (χ0v) is 12.0. The van der Waals surface area contributed by atoms with Crippen LogP contribution in [0.1, 0.15) is 28.4 Å². The molecule has 0 spiro atoms. The largest absolute Gasteiger partial charge is 0.507 e. The Labute approximate surface area is 123 Å². The lowest BCUT2D eigenvalue weighted by Crippen LogP contribution is -2.05. The molecule has 0 saturated heterocycles. The monoisotopic (exact) mass is 288 g/mol. The minimum atomic E-state index is -0.341. The Morgan fingerprint density at radius 2 is 1.90 bits per heavy atom. The molecule has 0 unspecified atom stereocenters. The first-order chi connectivity index (χ1) is 10.0. The fourth-order valence-electron chi connectivity index (χ4n) is 2.19.